The van der Waals surface area contributed by atoms with Gasteiger partial charge in [-0.15, -0.1) is 11.3 Å². The Hall–Kier alpha value is -3.35. The molecule has 1 aromatic heterocycles. The predicted molar refractivity (Wildman–Crippen MR) is 187 cm³/mol. The molecule has 0 radical (unpaired) electrons. The molecule has 12 heteroatoms. The molecule has 2 aliphatic rings. The Morgan fingerprint density at radius 3 is 2.29 bits per heavy atom. The normalized spacial score (nSPS) is 21.2. The zero-order valence-electron chi connectivity index (χ0n) is 29.5. The van der Waals surface area contributed by atoms with E-state index in [9.17, 15) is 19.2 Å². The first-order chi connectivity index (χ1) is 22.9. The van der Waals surface area contributed by atoms with E-state index in [-0.39, 0.29) is 47.5 Å². The number of carbonyl (C=O) groups is 4. The Morgan fingerprint density at radius 2 is 1.69 bits per heavy atom. The van der Waals surface area contributed by atoms with Crippen molar-refractivity contribution in [2.24, 2.45) is 23.5 Å². The van der Waals surface area contributed by atoms with E-state index < -0.39 is 30.1 Å². The van der Waals surface area contributed by atoms with Gasteiger partial charge in [-0.2, -0.15) is 0 Å². The van der Waals surface area contributed by atoms with Gasteiger partial charge in [-0.25, -0.2) is 0 Å². The molecule has 0 bridgehead atoms. The molecule has 4 amide bonds. The van der Waals surface area contributed by atoms with Gasteiger partial charge < -0.3 is 30.5 Å². The lowest BCUT2D eigenvalue weighted by molar-refractivity contribution is -0.153. The van der Waals surface area contributed by atoms with Crippen LogP contribution in [0.3, 0.4) is 0 Å². The molecule has 0 spiro atoms. The van der Waals surface area contributed by atoms with Crippen molar-refractivity contribution in [2.75, 3.05) is 27.2 Å². The van der Waals surface area contributed by atoms with E-state index in [0.717, 1.165) is 16.9 Å². The monoisotopic (exact) mass is 682 g/mol. The number of benzene rings is 1. The van der Waals surface area contributed by atoms with Crippen molar-refractivity contribution >= 4 is 35.0 Å². The van der Waals surface area contributed by atoms with E-state index >= 15 is 0 Å². The third-order valence-electron chi connectivity index (χ3n) is 10.0. The molecule has 48 heavy (non-hydrogen) atoms. The van der Waals surface area contributed by atoms with Gasteiger partial charge in [0.05, 0.1) is 35.7 Å². The molecule has 2 fully saturated rings. The summed E-state index contributed by atoms with van der Waals surface area (Å²) in [5.41, 5.74) is 9.05. The Morgan fingerprint density at radius 1 is 1.02 bits per heavy atom. The molecule has 0 aliphatic carbocycles. The average Bonchev–Trinajstić information content (AvgIpc) is 3.87. The minimum atomic E-state index is -0.733. The third kappa shape index (κ3) is 8.44. The summed E-state index contributed by atoms with van der Waals surface area (Å²) in [6.07, 6.45) is 4.60. The minimum Gasteiger partial charge on any atom is -0.378 e. The fourth-order valence-electron chi connectivity index (χ4n) is 7.23. The smallest absolute Gasteiger partial charge is 0.246 e. The molecule has 4 rings (SSSR count). The first-order valence-corrected chi connectivity index (χ1v) is 18.1. The number of nitrogens with two attached hydrogens (primary N) is 1. The van der Waals surface area contributed by atoms with E-state index in [0.29, 0.717) is 38.8 Å². The number of aromatic nitrogens is 1. The van der Waals surface area contributed by atoms with Crippen molar-refractivity contribution in [3.8, 4) is 0 Å². The van der Waals surface area contributed by atoms with Gasteiger partial charge >= 0.3 is 0 Å². The van der Waals surface area contributed by atoms with E-state index in [1.807, 2.05) is 69.9 Å². The largest absolute Gasteiger partial charge is 0.378 e. The van der Waals surface area contributed by atoms with Gasteiger partial charge in [0.15, 0.2) is 0 Å². The summed E-state index contributed by atoms with van der Waals surface area (Å²) in [6.45, 7) is 10.4. The number of methoxy groups -OCH3 is 1. The lowest BCUT2D eigenvalue weighted by atomic mass is 9.93. The molecule has 1 aromatic carbocycles. The van der Waals surface area contributed by atoms with Crippen LogP contribution in [0, 0.1) is 17.8 Å². The highest BCUT2D eigenvalue weighted by Crippen LogP contribution is 2.32. The molecule has 2 saturated heterocycles. The van der Waals surface area contributed by atoms with Crippen molar-refractivity contribution < 1.29 is 23.9 Å². The van der Waals surface area contributed by atoms with Crippen LogP contribution in [0.15, 0.2) is 42.0 Å². The molecule has 3 heterocycles. The van der Waals surface area contributed by atoms with Gasteiger partial charge in [0, 0.05) is 38.3 Å². The van der Waals surface area contributed by atoms with Crippen LogP contribution >= 0.6 is 11.3 Å². The van der Waals surface area contributed by atoms with Crippen LogP contribution in [-0.2, 0) is 30.3 Å². The number of ether oxygens (including phenoxy) is 1. The minimum absolute atomic E-state index is 0.0725. The van der Waals surface area contributed by atoms with Gasteiger partial charge in [-0.3, -0.25) is 24.2 Å². The number of hydrogen-bond donors (Lipinski definition) is 2. The first-order valence-electron chi connectivity index (χ1n) is 17.3. The summed E-state index contributed by atoms with van der Waals surface area (Å²) >= 11 is 1.50. The van der Waals surface area contributed by atoms with Crippen LogP contribution in [-0.4, -0.2) is 101 Å². The second kappa shape index (κ2) is 16.8. The van der Waals surface area contributed by atoms with Gasteiger partial charge in [-0.1, -0.05) is 65.0 Å². The molecule has 2 aromatic rings. The van der Waals surface area contributed by atoms with Crippen LogP contribution in [0.25, 0.3) is 0 Å². The number of likely N-dealkylation sites (N-methyl/N-ethyl adjacent to an activating group) is 1. The molecule has 3 N–H and O–H groups in total. The van der Waals surface area contributed by atoms with Gasteiger partial charge in [0.25, 0.3) is 0 Å². The SMILES string of the molecule is CO[C@H]([C@@H](C)C(=O)N[C@@H](Cc1ccccc1)c1cncs1)[C@@H]1CCCN1C(=O)[C@@H]1CCCN1C(=O)[C@H](C(C)C)N(C)C(=O)[C@@H](N)C(C)C. The summed E-state index contributed by atoms with van der Waals surface area (Å²) in [6, 6.07) is 7.37. The third-order valence-corrected chi connectivity index (χ3v) is 10.9. The van der Waals surface area contributed by atoms with Crippen molar-refractivity contribution in [3.05, 3.63) is 52.5 Å². The highest BCUT2D eigenvalue weighted by molar-refractivity contribution is 7.09. The van der Waals surface area contributed by atoms with Crippen molar-refractivity contribution in [1.29, 1.82) is 0 Å². The van der Waals surface area contributed by atoms with Gasteiger partial charge in [-0.05, 0) is 49.5 Å². The first kappa shape index (κ1) is 37.5. The molecular formula is C36H54N6O5S. The average molecular weight is 683 g/mol. The van der Waals surface area contributed by atoms with Crippen LogP contribution < -0.4 is 11.1 Å². The molecular weight excluding hydrogens is 628 g/mol. The second-order valence-electron chi connectivity index (χ2n) is 14.0. The Kier molecular flexibility index (Phi) is 13.2. The predicted octanol–water partition coefficient (Wildman–Crippen LogP) is 3.64. The second-order valence-corrected chi connectivity index (χ2v) is 14.9. The standard InChI is InChI=1S/C36H54N6O5S/c1-22(2)30(37)35(45)40(6)31(23(3)4)36(46)42-18-12-16-28(42)34(44)41-17-11-15-27(41)32(47-7)24(5)33(43)39-26(29-20-38-21-48-29)19-25-13-9-8-10-14-25/h8-10,13-14,20-24,26-28,30-32H,11-12,15-19,37H2,1-7H3,(H,39,43)/t24-,26+,27+,28+,30+,31+,32-/m1/s1. The molecule has 2 aliphatic heterocycles. The highest BCUT2D eigenvalue weighted by atomic mass is 32.1. The summed E-state index contributed by atoms with van der Waals surface area (Å²) in [4.78, 5) is 65.5. The van der Waals surface area contributed by atoms with Crippen molar-refractivity contribution in [2.45, 2.75) is 103 Å². The maximum atomic E-state index is 14.3. The fraction of sp³-hybridized carbons (Fsp3) is 0.639. The van der Waals surface area contributed by atoms with E-state index in [1.165, 1.54) is 16.2 Å². The highest BCUT2D eigenvalue weighted by Gasteiger charge is 2.46. The maximum Gasteiger partial charge on any atom is 0.246 e. The van der Waals surface area contributed by atoms with E-state index in [1.54, 1.807) is 30.8 Å². The number of nitrogens with one attached hydrogen (secondary N) is 1. The van der Waals surface area contributed by atoms with E-state index in [2.05, 4.69) is 10.3 Å². The number of thiazole rings is 1. The van der Waals surface area contributed by atoms with Crippen LogP contribution in [0.4, 0.5) is 0 Å². The summed E-state index contributed by atoms with van der Waals surface area (Å²) in [5, 5.41) is 3.24. The Balaban J connectivity index is 1.48. The van der Waals surface area contributed by atoms with Crippen LogP contribution in [0.2, 0.25) is 0 Å². The number of nitrogens with zero attached hydrogens (tertiary/aromatic N) is 4. The maximum absolute atomic E-state index is 14.3. The molecule has 264 valence electrons. The van der Waals surface area contributed by atoms with Gasteiger partial charge in [0.2, 0.25) is 23.6 Å². The molecule has 11 nitrogen and oxygen atoms in total. The molecule has 7 atom stereocenters. The number of carbonyl (C=O) groups excluding carboxylic acids is 4. The zero-order valence-corrected chi connectivity index (χ0v) is 30.3. The summed E-state index contributed by atoms with van der Waals surface area (Å²) in [7, 11) is 3.22. The Bertz CT molecular complexity index is 1370. The molecule has 0 saturated carbocycles. The van der Waals surface area contributed by atoms with Gasteiger partial charge in [0.1, 0.15) is 12.1 Å². The summed E-state index contributed by atoms with van der Waals surface area (Å²) < 4.78 is 5.99. The quantitative estimate of drug-likeness (QED) is 0.310. The number of amides is 4. The van der Waals surface area contributed by atoms with Crippen LogP contribution in [0.1, 0.15) is 76.8 Å². The number of rotatable bonds is 14. The van der Waals surface area contributed by atoms with Crippen molar-refractivity contribution in [3.63, 3.8) is 0 Å². The lowest BCUT2D eigenvalue weighted by Crippen LogP contribution is -2.59. The van der Waals surface area contributed by atoms with Crippen molar-refractivity contribution in [1.82, 2.24) is 25.0 Å². The number of likely N-dealkylation sites (tertiary alicyclic amines) is 2. The zero-order chi connectivity index (χ0) is 35.1. The topological polar surface area (TPSA) is 138 Å². The summed E-state index contributed by atoms with van der Waals surface area (Å²) in [5.74, 6) is -1.58. The van der Waals surface area contributed by atoms with E-state index in [4.69, 9.17) is 10.5 Å². The molecule has 0 unspecified atom stereocenters. The number of hydrogen-bond acceptors (Lipinski definition) is 8. The fourth-order valence-corrected chi connectivity index (χ4v) is 7.90. The Labute approximate surface area is 289 Å². The lowest BCUT2D eigenvalue weighted by Gasteiger charge is -2.39. The van der Waals surface area contributed by atoms with Crippen LogP contribution in [0.5, 0.6) is 0 Å².